The Labute approximate surface area is 140 Å². The second kappa shape index (κ2) is 5.72. The molecular weight excluding hydrogens is 340 g/mol. The second-order valence-electron chi connectivity index (χ2n) is 5.20. The lowest BCUT2D eigenvalue weighted by molar-refractivity contribution is -0.113. The molecule has 1 saturated heterocycles. The van der Waals surface area contributed by atoms with Crippen molar-refractivity contribution in [3.63, 3.8) is 0 Å². The first-order valence-corrected chi connectivity index (χ1v) is 9.18. The van der Waals surface area contributed by atoms with Crippen LogP contribution in [0.5, 0.6) is 0 Å². The summed E-state index contributed by atoms with van der Waals surface area (Å²) < 4.78 is 1.90. The number of imidazole rings is 1. The van der Waals surface area contributed by atoms with E-state index in [2.05, 4.69) is 14.9 Å². The first-order valence-electron chi connectivity index (χ1n) is 7.11. The lowest BCUT2D eigenvalue weighted by atomic mass is 10.1. The van der Waals surface area contributed by atoms with Crippen molar-refractivity contribution in [3.05, 3.63) is 27.3 Å². The number of piperidine rings is 1. The Balaban J connectivity index is 1.62. The first kappa shape index (κ1) is 14.3. The number of thioether (sulfide) groups is 1. The van der Waals surface area contributed by atoms with E-state index in [1.807, 2.05) is 16.0 Å². The van der Waals surface area contributed by atoms with E-state index < -0.39 is 0 Å². The van der Waals surface area contributed by atoms with Crippen molar-refractivity contribution in [3.8, 4) is 0 Å². The summed E-state index contributed by atoms with van der Waals surface area (Å²) in [5.74, 6) is -0.188. The Morgan fingerprint density at radius 3 is 2.91 bits per heavy atom. The molecule has 0 atom stereocenters. The van der Waals surface area contributed by atoms with E-state index in [1.54, 1.807) is 6.08 Å². The minimum atomic E-state index is -0.188. The van der Waals surface area contributed by atoms with Crippen LogP contribution in [0.15, 0.2) is 21.5 Å². The molecule has 0 radical (unpaired) electrons. The van der Waals surface area contributed by atoms with Crippen LogP contribution < -0.4 is 0 Å². The van der Waals surface area contributed by atoms with Crippen LogP contribution >= 0.6 is 34.7 Å². The van der Waals surface area contributed by atoms with E-state index in [0.717, 1.165) is 41.8 Å². The number of fused-ring (bicyclic) bond motifs is 1. The van der Waals surface area contributed by atoms with Gasteiger partial charge in [0.15, 0.2) is 15.3 Å². The number of nitrogens with zero attached hydrogens (tertiary/aromatic N) is 4. The van der Waals surface area contributed by atoms with Gasteiger partial charge in [-0.2, -0.15) is 4.99 Å². The van der Waals surface area contributed by atoms with Crippen LogP contribution in [0.25, 0.3) is 11.0 Å². The predicted molar refractivity (Wildman–Crippen MR) is 91.5 cm³/mol. The van der Waals surface area contributed by atoms with Gasteiger partial charge < -0.3 is 4.90 Å². The van der Waals surface area contributed by atoms with Crippen molar-refractivity contribution < 1.29 is 4.79 Å². The Morgan fingerprint density at radius 2 is 2.09 bits per heavy atom. The normalized spacial score (nSPS) is 21.1. The molecule has 8 heteroatoms. The highest BCUT2D eigenvalue weighted by molar-refractivity contribution is 8.18. The molecule has 22 heavy (non-hydrogen) atoms. The number of thiazole rings is 1. The fourth-order valence-electron chi connectivity index (χ4n) is 2.65. The predicted octanol–water partition coefficient (Wildman–Crippen LogP) is 3.51. The van der Waals surface area contributed by atoms with Crippen LogP contribution in [0.2, 0.25) is 5.15 Å². The van der Waals surface area contributed by atoms with Crippen LogP contribution in [-0.2, 0) is 4.79 Å². The Hall–Kier alpha value is -1.31. The van der Waals surface area contributed by atoms with Gasteiger partial charge in [-0.1, -0.05) is 11.6 Å². The van der Waals surface area contributed by atoms with E-state index in [4.69, 9.17) is 11.6 Å². The van der Waals surface area contributed by atoms with Gasteiger partial charge in [-0.3, -0.25) is 9.20 Å². The van der Waals surface area contributed by atoms with Gasteiger partial charge in [0.25, 0.3) is 5.91 Å². The number of rotatable bonds is 1. The van der Waals surface area contributed by atoms with Crippen molar-refractivity contribution in [1.29, 1.82) is 0 Å². The van der Waals surface area contributed by atoms with Crippen molar-refractivity contribution in [1.82, 2.24) is 14.3 Å². The third-order valence-electron chi connectivity index (χ3n) is 3.76. The number of hydrogen-bond acceptors (Lipinski definition) is 5. The molecule has 1 amide bonds. The molecule has 2 aliphatic rings. The molecule has 0 aromatic carbocycles. The van der Waals surface area contributed by atoms with E-state index in [1.165, 1.54) is 29.5 Å². The topological polar surface area (TPSA) is 50.0 Å². The number of amides is 1. The van der Waals surface area contributed by atoms with Crippen LogP contribution in [0.1, 0.15) is 25.0 Å². The van der Waals surface area contributed by atoms with Gasteiger partial charge in [-0.25, -0.2) is 4.98 Å². The number of carbonyl (C=O) groups is 1. The molecule has 2 aromatic heterocycles. The first-order chi connectivity index (χ1) is 10.7. The van der Waals surface area contributed by atoms with E-state index in [0.29, 0.717) is 10.1 Å². The smallest absolute Gasteiger partial charge is 0.286 e. The fourth-order valence-corrected chi connectivity index (χ4v) is 4.59. The van der Waals surface area contributed by atoms with Crippen molar-refractivity contribution in [2.75, 3.05) is 13.1 Å². The molecule has 0 N–H and O–H groups in total. The van der Waals surface area contributed by atoms with Gasteiger partial charge in [0.05, 0.1) is 10.6 Å². The summed E-state index contributed by atoms with van der Waals surface area (Å²) >= 11 is 9.13. The number of amidine groups is 1. The molecule has 5 nitrogen and oxygen atoms in total. The Kier molecular flexibility index (Phi) is 3.71. The van der Waals surface area contributed by atoms with Crippen LogP contribution in [0.4, 0.5) is 0 Å². The SMILES string of the molecule is O=C1N=C(N2CCCCC2)S/C1=C\c1c(Cl)nc2sccn12. The minimum Gasteiger partial charge on any atom is -0.351 e. The van der Waals surface area contributed by atoms with Crippen molar-refractivity contribution in [2.45, 2.75) is 19.3 Å². The summed E-state index contributed by atoms with van der Waals surface area (Å²) in [6, 6.07) is 0. The summed E-state index contributed by atoms with van der Waals surface area (Å²) in [5.41, 5.74) is 0.740. The highest BCUT2D eigenvalue weighted by atomic mass is 35.5. The molecule has 0 spiro atoms. The molecule has 4 heterocycles. The molecule has 1 fully saturated rings. The molecular formula is C14H13ClN4OS2. The number of likely N-dealkylation sites (tertiary alicyclic amines) is 1. The van der Waals surface area contributed by atoms with Gasteiger partial charge in [-0.05, 0) is 37.1 Å². The number of hydrogen-bond donors (Lipinski definition) is 0. The van der Waals surface area contributed by atoms with Crippen LogP contribution in [-0.4, -0.2) is 38.4 Å². The summed E-state index contributed by atoms with van der Waals surface area (Å²) in [6.45, 7) is 1.96. The maximum Gasteiger partial charge on any atom is 0.286 e. The maximum atomic E-state index is 12.2. The number of carbonyl (C=O) groups excluding carboxylic acids is 1. The summed E-state index contributed by atoms with van der Waals surface area (Å²) in [4.78, 5) is 24.3. The molecule has 0 unspecified atom stereocenters. The minimum absolute atomic E-state index is 0.188. The molecule has 4 rings (SSSR count). The van der Waals surface area contributed by atoms with Crippen LogP contribution in [0, 0.1) is 0 Å². The standard InChI is InChI=1S/C14H13ClN4OS2/c15-11-9(19-6-7-21-14(19)16-11)8-10-12(20)17-13(22-10)18-4-2-1-3-5-18/h6-8H,1-5H2/b10-8-. The third kappa shape index (κ3) is 2.47. The highest BCUT2D eigenvalue weighted by Gasteiger charge is 2.27. The Bertz CT molecular complexity index is 801. The fraction of sp³-hybridized carbons (Fsp3) is 0.357. The van der Waals surface area contributed by atoms with Gasteiger partial charge in [-0.15, -0.1) is 11.3 Å². The molecule has 2 aliphatic heterocycles. The average molecular weight is 353 g/mol. The Morgan fingerprint density at radius 1 is 1.27 bits per heavy atom. The van der Waals surface area contributed by atoms with Gasteiger partial charge in [0, 0.05) is 24.7 Å². The highest BCUT2D eigenvalue weighted by Crippen LogP contribution is 2.33. The largest absolute Gasteiger partial charge is 0.351 e. The lowest BCUT2D eigenvalue weighted by Crippen LogP contribution is -2.33. The third-order valence-corrected chi connectivity index (χ3v) is 5.84. The molecule has 2 aromatic rings. The average Bonchev–Trinajstić information content (AvgIpc) is 3.19. The molecule has 0 saturated carbocycles. The zero-order valence-corrected chi connectivity index (χ0v) is 14.0. The zero-order chi connectivity index (χ0) is 15.1. The van der Waals surface area contributed by atoms with Gasteiger partial charge >= 0.3 is 0 Å². The zero-order valence-electron chi connectivity index (χ0n) is 11.7. The van der Waals surface area contributed by atoms with Gasteiger partial charge in [0.1, 0.15) is 0 Å². The molecule has 0 bridgehead atoms. The summed E-state index contributed by atoms with van der Waals surface area (Å²) in [7, 11) is 0. The molecule has 0 aliphatic carbocycles. The van der Waals surface area contributed by atoms with Crippen molar-refractivity contribution in [2.24, 2.45) is 4.99 Å². The lowest BCUT2D eigenvalue weighted by Gasteiger charge is -2.27. The monoisotopic (exact) mass is 352 g/mol. The maximum absolute atomic E-state index is 12.2. The second-order valence-corrected chi connectivity index (χ2v) is 7.44. The summed E-state index contributed by atoms with van der Waals surface area (Å²) in [6.07, 6.45) is 7.28. The quantitative estimate of drug-likeness (QED) is 0.737. The van der Waals surface area contributed by atoms with Crippen molar-refractivity contribution >= 4 is 56.8 Å². The number of halogens is 1. The summed E-state index contributed by atoms with van der Waals surface area (Å²) in [5, 5.41) is 3.18. The van der Waals surface area contributed by atoms with E-state index >= 15 is 0 Å². The van der Waals surface area contributed by atoms with E-state index in [9.17, 15) is 4.79 Å². The number of aliphatic imine (C=N–C) groups is 1. The van der Waals surface area contributed by atoms with Gasteiger partial charge in [0.2, 0.25) is 0 Å². The van der Waals surface area contributed by atoms with Crippen LogP contribution in [0.3, 0.4) is 0 Å². The molecule has 114 valence electrons. The number of aromatic nitrogens is 2. The van der Waals surface area contributed by atoms with E-state index in [-0.39, 0.29) is 5.91 Å².